The summed E-state index contributed by atoms with van der Waals surface area (Å²) in [6, 6.07) is 8.15. The van der Waals surface area contributed by atoms with Crippen LogP contribution in [0.1, 0.15) is 56.7 Å². The summed E-state index contributed by atoms with van der Waals surface area (Å²) in [6.07, 6.45) is 12.2. The maximum Gasteiger partial charge on any atom is 0.276 e. The van der Waals surface area contributed by atoms with Crippen LogP contribution in [0, 0.1) is 6.92 Å². The lowest BCUT2D eigenvalue weighted by Gasteiger charge is -2.27. The molecule has 0 spiro atoms. The number of nitrogens with zero attached hydrogens (tertiary/aromatic N) is 10. The molecule has 3 heterocycles. The summed E-state index contributed by atoms with van der Waals surface area (Å²) >= 11 is 0. The second-order valence-corrected chi connectivity index (χ2v) is 14.6. The number of nitrogens with one attached hydrogen (secondary N) is 4. The first kappa shape index (κ1) is 48.3. The highest BCUT2D eigenvalue weighted by atomic mass is 16.5. The van der Waals surface area contributed by atoms with Gasteiger partial charge in [0.05, 0.1) is 48.6 Å². The predicted molar refractivity (Wildman–Crippen MR) is 253 cm³/mol. The van der Waals surface area contributed by atoms with Gasteiger partial charge in [0.2, 0.25) is 11.9 Å². The van der Waals surface area contributed by atoms with E-state index in [-0.39, 0.29) is 37.2 Å². The normalized spacial score (nSPS) is 11.6. The average Bonchev–Trinajstić information content (AvgIpc) is 4.02. The molecule has 3 amide bonds. The number of aliphatic imine (C=N–C) groups is 1. The number of carbonyl (C=O) groups is 3. The third-order valence-electron chi connectivity index (χ3n) is 9.99. The number of amides is 3. The zero-order valence-electron chi connectivity index (χ0n) is 37.7. The molecule has 5 aromatic rings. The molecule has 3 aromatic heterocycles. The van der Waals surface area contributed by atoms with E-state index in [1.54, 1.807) is 67.0 Å². The number of ether oxygens (including phenoxy) is 2. The first-order chi connectivity index (χ1) is 31.3. The van der Waals surface area contributed by atoms with Crippen LogP contribution in [0.15, 0.2) is 77.1 Å². The molecule has 65 heavy (non-hydrogen) atoms. The van der Waals surface area contributed by atoms with Crippen LogP contribution in [0.2, 0.25) is 0 Å². The van der Waals surface area contributed by atoms with Gasteiger partial charge in [-0.3, -0.25) is 34.1 Å². The number of imidazole rings is 1. The number of fused-ring (bicyclic) bond motifs is 1. The van der Waals surface area contributed by atoms with Gasteiger partial charge >= 0.3 is 0 Å². The molecular weight excluding hydrogens is 835 g/mol. The van der Waals surface area contributed by atoms with E-state index in [2.05, 4.69) is 48.3 Å². The van der Waals surface area contributed by atoms with Crippen molar-refractivity contribution in [3.8, 4) is 11.5 Å². The topological polar surface area (TPSA) is 281 Å². The maximum atomic E-state index is 13.9. The fraction of sp³-hybridized carbons (Fsp3) is 0.349. The lowest BCUT2D eigenvalue weighted by molar-refractivity contribution is 0.0960. The predicted octanol–water partition coefficient (Wildman–Crippen LogP) is 2.95. The van der Waals surface area contributed by atoms with Gasteiger partial charge in [-0.2, -0.15) is 15.3 Å². The number of anilines is 3. The average molecular weight is 894 g/mol. The summed E-state index contributed by atoms with van der Waals surface area (Å²) < 4.78 is 17.8. The third kappa shape index (κ3) is 12.3. The molecule has 0 aliphatic heterocycles. The van der Waals surface area contributed by atoms with Crippen LogP contribution in [0.3, 0.4) is 0 Å². The van der Waals surface area contributed by atoms with Crippen LogP contribution in [0.4, 0.5) is 23.0 Å². The Labute approximate surface area is 377 Å². The Bertz CT molecular complexity index is 2550. The quantitative estimate of drug-likeness (QED) is 0.00893. The van der Waals surface area contributed by atoms with E-state index in [1.807, 2.05) is 60.9 Å². The lowest BCUT2D eigenvalue weighted by atomic mass is 10.1. The molecular formula is C43H59N17O5. The van der Waals surface area contributed by atoms with Crippen molar-refractivity contribution in [1.29, 1.82) is 0 Å². The minimum Gasteiger partial charge on any atom is -0.491 e. The fourth-order valence-corrected chi connectivity index (χ4v) is 6.84. The first-order valence-corrected chi connectivity index (χ1v) is 20.8. The van der Waals surface area contributed by atoms with Crippen LogP contribution in [0.25, 0.3) is 11.0 Å². The van der Waals surface area contributed by atoms with E-state index in [0.29, 0.717) is 95.8 Å². The molecule has 2 aromatic carbocycles. The molecule has 10 N–H and O–H groups in total. The number of primary amides is 1. The van der Waals surface area contributed by atoms with Crippen molar-refractivity contribution in [3.05, 3.63) is 89.5 Å². The van der Waals surface area contributed by atoms with E-state index >= 15 is 0 Å². The molecule has 0 aliphatic rings. The van der Waals surface area contributed by atoms with Gasteiger partial charge in [-0.15, -0.1) is 0 Å². The summed E-state index contributed by atoms with van der Waals surface area (Å²) in [5.74, 6) is 11.4. The smallest absolute Gasteiger partial charge is 0.276 e. The van der Waals surface area contributed by atoms with Gasteiger partial charge in [-0.1, -0.05) is 18.2 Å². The molecule has 0 unspecified atom stereocenters. The van der Waals surface area contributed by atoms with Crippen molar-refractivity contribution in [1.82, 2.24) is 44.8 Å². The van der Waals surface area contributed by atoms with Crippen LogP contribution in [-0.4, -0.2) is 119 Å². The molecule has 22 nitrogen and oxygen atoms in total. The number of aromatic nitrogens is 6. The van der Waals surface area contributed by atoms with Gasteiger partial charge in [-0.05, 0) is 70.4 Å². The van der Waals surface area contributed by atoms with E-state index in [4.69, 9.17) is 31.9 Å². The maximum absolute atomic E-state index is 13.9. The van der Waals surface area contributed by atoms with Gasteiger partial charge in [0.25, 0.3) is 11.8 Å². The van der Waals surface area contributed by atoms with Crippen LogP contribution >= 0.6 is 0 Å². The molecule has 0 fully saturated rings. The van der Waals surface area contributed by atoms with E-state index in [1.165, 1.54) is 5.01 Å². The van der Waals surface area contributed by atoms with E-state index < -0.39 is 11.8 Å². The molecule has 0 saturated carbocycles. The van der Waals surface area contributed by atoms with Crippen molar-refractivity contribution in [2.24, 2.45) is 27.5 Å². The van der Waals surface area contributed by atoms with Crippen molar-refractivity contribution < 1.29 is 23.9 Å². The minimum atomic E-state index is -0.655. The van der Waals surface area contributed by atoms with Crippen molar-refractivity contribution in [2.75, 3.05) is 70.2 Å². The summed E-state index contributed by atoms with van der Waals surface area (Å²) in [6.45, 7) is 9.74. The highest BCUT2D eigenvalue weighted by Crippen LogP contribution is 2.40. The number of aryl methyl sites for hydroxylation is 2. The van der Waals surface area contributed by atoms with Crippen LogP contribution in [0.5, 0.6) is 11.5 Å². The number of hydrogen-bond acceptors (Lipinski definition) is 15. The zero-order chi connectivity index (χ0) is 47.0. The molecule has 0 radical (unpaired) electrons. The number of carbonyl (C=O) groups excluding carboxylic acids is 3. The molecule has 346 valence electrons. The minimum absolute atomic E-state index is 0.160. The Morgan fingerprint density at radius 1 is 0.985 bits per heavy atom. The highest BCUT2D eigenvalue weighted by molar-refractivity contribution is 6.04. The monoisotopic (exact) mass is 893 g/mol. The standard InChI is InChI=1S/C43H59N17O5/c1-8-60-34(20-28(2)55-60)42(63)53-43-52-33-22-30(41(62)50-6)24-36(64-18-12-11-16-58-26-31(48-4)25-51-58)39(33)59(43)17-10-9-15-57(27-47-3)38-32(49-5)21-29(40(44)61)23-35(38)65-19-13-14-37(54-45)56(7)46/h9-12,20-26,47-48H,5,8,13-19,27,45-46H2,1-4,6-7H3,(H2,44,61)(H,50,62)(H,52,53,63)/b10-9+,12-11+,54-37-. The van der Waals surface area contributed by atoms with Crippen molar-refractivity contribution >= 4 is 64.3 Å². The number of amidine groups is 1. The molecule has 22 heteroatoms. The fourth-order valence-electron chi connectivity index (χ4n) is 6.84. The van der Waals surface area contributed by atoms with Crippen molar-refractivity contribution in [2.45, 2.75) is 46.3 Å². The molecule has 0 bridgehead atoms. The Morgan fingerprint density at radius 3 is 2.42 bits per heavy atom. The Hall–Kier alpha value is -7.72. The largest absolute Gasteiger partial charge is 0.491 e. The first-order valence-electron chi connectivity index (χ1n) is 20.8. The second-order valence-electron chi connectivity index (χ2n) is 14.6. The van der Waals surface area contributed by atoms with E-state index in [0.717, 1.165) is 5.69 Å². The van der Waals surface area contributed by atoms with Gasteiger partial charge in [0.1, 0.15) is 40.8 Å². The summed E-state index contributed by atoms with van der Waals surface area (Å²) in [5, 5.41) is 25.7. The number of nitrogens with two attached hydrogens (primary N) is 3. The lowest BCUT2D eigenvalue weighted by Crippen LogP contribution is -2.34. The summed E-state index contributed by atoms with van der Waals surface area (Å²) in [7, 11) is 6.81. The van der Waals surface area contributed by atoms with Crippen LogP contribution < -0.4 is 53.1 Å². The number of benzene rings is 2. The van der Waals surface area contributed by atoms with Crippen molar-refractivity contribution in [3.63, 3.8) is 0 Å². The van der Waals surface area contributed by atoms with E-state index in [9.17, 15) is 14.4 Å². The summed E-state index contributed by atoms with van der Waals surface area (Å²) in [5.41, 5.74) is 10.1. The van der Waals surface area contributed by atoms with Gasteiger partial charge in [0.15, 0.2) is 0 Å². The van der Waals surface area contributed by atoms with Gasteiger partial charge in [-0.25, -0.2) is 10.8 Å². The highest BCUT2D eigenvalue weighted by Gasteiger charge is 2.23. The number of rotatable bonds is 24. The molecule has 0 aliphatic carbocycles. The Morgan fingerprint density at radius 2 is 1.75 bits per heavy atom. The van der Waals surface area contributed by atoms with Gasteiger partial charge < -0.3 is 51.5 Å². The number of allylic oxidation sites excluding steroid dienone is 2. The number of hydrogen-bond donors (Lipinski definition) is 7. The third-order valence-corrected chi connectivity index (χ3v) is 9.99. The molecule has 0 atom stereocenters. The Balaban J connectivity index is 1.50. The van der Waals surface area contributed by atoms with Gasteiger partial charge in [0, 0.05) is 64.5 Å². The summed E-state index contributed by atoms with van der Waals surface area (Å²) in [4.78, 5) is 50.3. The number of hydrazine groups is 1. The SMILES string of the molecule is C=Nc1cc(C(N)=O)cc(OCCC/C(=N/N)N(C)N)c1N(C/C=C/Cn1c(NC(=O)c2cc(C)nn2CC)nc2cc(C(=O)NC)cc(OC/C=C/Cn3cc(NC)cn3)c21)CNC. The second kappa shape index (κ2) is 23.1. The molecule has 0 saturated heterocycles. The Kier molecular flexibility index (Phi) is 17.2. The van der Waals surface area contributed by atoms with Crippen LogP contribution in [-0.2, 0) is 19.6 Å². The molecule has 5 rings (SSSR count). The number of hydrazone groups is 1. The zero-order valence-corrected chi connectivity index (χ0v) is 37.7.